The lowest BCUT2D eigenvalue weighted by atomic mass is 10.1. The van der Waals surface area contributed by atoms with Gasteiger partial charge in [0, 0.05) is 24.5 Å². The first-order valence-corrected chi connectivity index (χ1v) is 7.63. The molecule has 2 unspecified atom stereocenters. The van der Waals surface area contributed by atoms with E-state index in [1.807, 2.05) is 36.5 Å². The summed E-state index contributed by atoms with van der Waals surface area (Å²) in [6, 6.07) is 3.99. The standard InChI is InChI=1S/C14H26N2O3S/c1-14(18,11-16(2)3)10-15-7-12(17)8-19-9-13-5-4-6-20-13/h4-6,12,15,17-18H,7-11H2,1-3H3. The van der Waals surface area contributed by atoms with Crippen LogP contribution >= 0.6 is 11.3 Å². The van der Waals surface area contributed by atoms with Gasteiger partial charge in [-0.1, -0.05) is 6.07 Å². The van der Waals surface area contributed by atoms with Gasteiger partial charge in [-0.15, -0.1) is 11.3 Å². The molecule has 0 aliphatic carbocycles. The molecule has 0 bridgehead atoms. The second-order valence-corrected chi connectivity index (χ2v) is 6.65. The van der Waals surface area contributed by atoms with Crippen LogP contribution in [0.3, 0.4) is 0 Å². The number of nitrogens with one attached hydrogen (secondary N) is 1. The SMILES string of the molecule is CN(C)CC(C)(O)CNCC(O)COCc1cccs1. The average Bonchev–Trinajstić information content (AvgIpc) is 2.79. The van der Waals surface area contributed by atoms with Crippen molar-refractivity contribution in [2.24, 2.45) is 0 Å². The Balaban J connectivity index is 2.09. The van der Waals surface area contributed by atoms with Crippen LogP contribution in [0.15, 0.2) is 17.5 Å². The summed E-state index contributed by atoms with van der Waals surface area (Å²) in [4.78, 5) is 3.08. The molecule has 1 aromatic heterocycles. The van der Waals surface area contributed by atoms with Crippen LogP contribution in [-0.4, -0.2) is 67.2 Å². The molecule has 0 saturated heterocycles. The molecule has 2 atom stereocenters. The van der Waals surface area contributed by atoms with Crippen molar-refractivity contribution in [3.05, 3.63) is 22.4 Å². The van der Waals surface area contributed by atoms with Gasteiger partial charge in [-0.3, -0.25) is 0 Å². The van der Waals surface area contributed by atoms with Crippen molar-refractivity contribution < 1.29 is 14.9 Å². The first-order chi connectivity index (χ1) is 9.39. The molecule has 3 N–H and O–H groups in total. The van der Waals surface area contributed by atoms with Crippen LogP contribution in [0.5, 0.6) is 0 Å². The van der Waals surface area contributed by atoms with Gasteiger partial charge in [0.25, 0.3) is 0 Å². The predicted octanol–water partition coefficient (Wildman–Crippen LogP) is 0.528. The van der Waals surface area contributed by atoms with E-state index >= 15 is 0 Å². The number of hydrogen-bond acceptors (Lipinski definition) is 6. The molecular weight excluding hydrogens is 276 g/mol. The van der Waals surface area contributed by atoms with Gasteiger partial charge in [0.05, 0.1) is 24.9 Å². The number of aliphatic hydroxyl groups is 2. The maximum absolute atomic E-state index is 10.1. The van der Waals surface area contributed by atoms with Crippen LogP contribution in [0.1, 0.15) is 11.8 Å². The minimum absolute atomic E-state index is 0.292. The largest absolute Gasteiger partial charge is 0.389 e. The zero-order valence-electron chi connectivity index (χ0n) is 12.5. The summed E-state index contributed by atoms with van der Waals surface area (Å²) in [5.74, 6) is 0. The summed E-state index contributed by atoms with van der Waals surface area (Å²) in [7, 11) is 3.84. The Morgan fingerprint density at radius 1 is 1.50 bits per heavy atom. The summed E-state index contributed by atoms with van der Waals surface area (Å²) >= 11 is 1.64. The minimum Gasteiger partial charge on any atom is -0.389 e. The molecular formula is C14H26N2O3S. The molecule has 0 aliphatic rings. The monoisotopic (exact) mass is 302 g/mol. The average molecular weight is 302 g/mol. The lowest BCUT2D eigenvalue weighted by Gasteiger charge is -2.27. The second kappa shape index (κ2) is 8.71. The highest BCUT2D eigenvalue weighted by Crippen LogP contribution is 2.09. The van der Waals surface area contributed by atoms with Gasteiger partial charge in [-0.05, 0) is 32.5 Å². The number of aliphatic hydroxyl groups excluding tert-OH is 1. The minimum atomic E-state index is -0.805. The van der Waals surface area contributed by atoms with E-state index in [-0.39, 0.29) is 0 Å². The van der Waals surface area contributed by atoms with Crippen molar-refractivity contribution in [1.29, 1.82) is 0 Å². The number of ether oxygens (including phenoxy) is 1. The van der Waals surface area contributed by atoms with Gasteiger partial charge >= 0.3 is 0 Å². The van der Waals surface area contributed by atoms with Crippen molar-refractivity contribution in [3.63, 3.8) is 0 Å². The molecule has 5 nitrogen and oxygen atoms in total. The summed E-state index contributed by atoms with van der Waals surface area (Å²) in [5, 5.41) is 24.9. The molecule has 1 aromatic rings. The molecule has 0 spiro atoms. The summed E-state index contributed by atoms with van der Waals surface area (Å²) in [5.41, 5.74) is -0.805. The number of thiophene rings is 1. The lowest BCUT2D eigenvalue weighted by molar-refractivity contribution is 0.0145. The van der Waals surface area contributed by atoms with E-state index in [0.29, 0.717) is 32.8 Å². The highest BCUT2D eigenvalue weighted by atomic mass is 32.1. The molecule has 0 amide bonds. The van der Waals surface area contributed by atoms with E-state index in [1.165, 1.54) is 0 Å². The second-order valence-electron chi connectivity index (χ2n) is 5.61. The topological polar surface area (TPSA) is 65.0 Å². The molecule has 20 heavy (non-hydrogen) atoms. The molecule has 6 heteroatoms. The Morgan fingerprint density at radius 3 is 2.85 bits per heavy atom. The smallest absolute Gasteiger partial charge is 0.0897 e. The van der Waals surface area contributed by atoms with Crippen molar-refractivity contribution in [2.75, 3.05) is 40.3 Å². The Bertz CT molecular complexity index is 355. The Hall–Kier alpha value is -0.500. The third-order valence-corrected chi connectivity index (χ3v) is 3.53. The highest BCUT2D eigenvalue weighted by molar-refractivity contribution is 7.09. The zero-order valence-corrected chi connectivity index (χ0v) is 13.3. The van der Waals surface area contributed by atoms with Crippen molar-refractivity contribution in [2.45, 2.75) is 25.2 Å². The van der Waals surface area contributed by atoms with Gasteiger partial charge < -0.3 is 25.2 Å². The molecule has 0 saturated carbocycles. The summed E-state index contributed by atoms with van der Waals surface area (Å²) in [6.45, 7) is 4.03. The fraction of sp³-hybridized carbons (Fsp3) is 0.714. The van der Waals surface area contributed by atoms with Crippen molar-refractivity contribution in [3.8, 4) is 0 Å². The maximum Gasteiger partial charge on any atom is 0.0897 e. The van der Waals surface area contributed by atoms with Crippen molar-refractivity contribution >= 4 is 11.3 Å². The molecule has 0 aliphatic heterocycles. The van der Waals surface area contributed by atoms with Gasteiger partial charge in [0.15, 0.2) is 0 Å². The van der Waals surface area contributed by atoms with E-state index in [1.54, 1.807) is 18.3 Å². The first kappa shape index (κ1) is 17.6. The Kier molecular flexibility index (Phi) is 7.65. The van der Waals surface area contributed by atoms with Gasteiger partial charge in [-0.2, -0.15) is 0 Å². The number of likely N-dealkylation sites (N-methyl/N-ethyl adjacent to an activating group) is 1. The number of hydrogen-bond donors (Lipinski definition) is 3. The van der Waals surface area contributed by atoms with Crippen LogP contribution in [0.4, 0.5) is 0 Å². The highest BCUT2D eigenvalue weighted by Gasteiger charge is 2.21. The van der Waals surface area contributed by atoms with E-state index in [4.69, 9.17) is 4.74 Å². The van der Waals surface area contributed by atoms with E-state index in [9.17, 15) is 10.2 Å². The molecule has 0 aromatic carbocycles. The summed E-state index contributed by atoms with van der Waals surface area (Å²) < 4.78 is 5.44. The predicted molar refractivity (Wildman–Crippen MR) is 82.0 cm³/mol. The Morgan fingerprint density at radius 2 is 2.25 bits per heavy atom. The van der Waals surface area contributed by atoms with Crippen LogP contribution < -0.4 is 5.32 Å². The first-order valence-electron chi connectivity index (χ1n) is 6.75. The third-order valence-electron chi connectivity index (χ3n) is 2.68. The molecule has 0 radical (unpaired) electrons. The van der Waals surface area contributed by atoms with Gasteiger partial charge in [0.1, 0.15) is 0 Å². The molecule has 1 heterocycles. The van der Waals surface area contributed by atoms with Gasteiger partial charge in [0.2, 0.25) is 0 Å². The van der Waals surface area contributed by atoms with Crippen LogP contribution in [0.2, 0.25) is 0 Å². The van der Waals surface area contributed by atoms with E-state index < -0.39 is 11.7 Å². The zero-order chi connectivity index (χ0) is 15.0. The molecule has 1 rings (SSSR count). The third kappa shape index (κ3) is 7.94. The van der Waals surface area contributed by atoms with E-state index in [2.05, 4.69) is 5.32 Å². The van der Waals surface area contributed by atoms with Gasteiger partial charge in [-0.25, -0.2) is 0 Å². The lowest BCUT2D eigenvalue weighted by Crippen LogP contribution is -2.47. The maximum atomic E-state index is 10.1. The van der Waals surface area contributed by atoms with Crippen LogP contribution in [-0.2, 0) is 11.3 Å². The number of nitrogens with zero attached hydrogens (tertiary/aromatic N) is 1. The van der Waals surface area contributed by atoms with E-state index in [0.717, 1.165) is 4.88 Å². The molecule has 0 fully saturated rings. The number of rotatable bonds is 10. The van der Waals surface area contributed by atoms with Crippen LogP contribution in [0.25, 0.3) is 0 Å². The fourth-order valence-corrected chi connectivity index (χ4v) is 2.63. The van der Waals surface area contributed by atoms with Crippen LogP contribution in [0, 0.1) is 0 Å². The van der Waals surface area contributed by atoms with Crippen molar-refractivity contribution in [1.82, 2.24) is 10.2 Å². The molecule has 116 valence electrons. The normalized spacial score (nSPS) is 16.3. The quantitative estimate of drug-likeness (QED) is 0.588. The fourth-order valence-electron chi connectivity index (χ4n) is 1.99. The Labute approximate surface area is 125 Å². The summed E-state index contributed by atoms with van der Waals surface area (Å²) in [6.07, 6.45) is -0.565.